The summed E-state index contributed by atoms with van der Waals surface area (Å²) < 4.78 is 5.57. The molecule has 1 heterocycles. The monoisotopic (exact) mass is 432 g/mol. The molecule has 152 valence electrons. The van der Waals surface area contributed by atoms with Crippen molar-refractivity contribution in [3.63, 3.8) is 0 Å². The van der Waals surface area contributed by atoms with Crippen LogP contribution in [0, 0.1) is 0 Å². The molecule has 1 amide bonds. The van der Waals surface area contributed by atoms with Crippen LogP contribution in [0.4, 0.5) is 21.9 Å². The van der Waals surface area contributed by atoms with Gasteiger partial charge in [0, 0.05) is 11.3 Å². The van der Waals surface area contributed by atoms with Gasteiger partial charge in [0.05, 0.1) is 22.6 Å². The number of nitrogens with two attached hydrogens (primary N) is 1. The van der Waals surface area contributed by atoms with E-state index in [1.54, 1.807) is 32.9 Å². The first-order valence-corrected chi connectivity index (χ1v) is 9.89. The van der Waals surface area contributed by atoms with E-state index in [9.17, 15) is 4.79 Å². The molecule has 6 nitrogen and oxygen atoms in total. The number of amides is 1. The Morgan fingerprint density at radius 2 is 1.83 bits per heavy atom. The number of carbonyl (C=O) groups excluding carboxylic acids is 1. The SMILES string of the molecule is CC(C)(C)OC(=O)N(Nc1c(N)c(Cl)nc2ccccc12)c1ccc(CCl)cc1. The lowest BCUT2D eigenvalue weighted by Crippen LogP contribution is -2.41. The van der Waals surface area contributed by atoms with E-state index < -0.39 is 11.7 Å². The van der Waals surface area contributed by atoms with Crippen LogP contribution in [0.15, 0.2) is 48.5 Å². The number of anilines is 3. The Labute approximate surface area is 179 Å². The minimum atomic E-state index is -0.684. The number of nitrogens with one attached hydrogen (secondary N) is 1. The van der Waals surface area contributed by atoms with E-state index in [2.05, 4.69) is 10.4 Å². The molecule has 3 N–H and O–H groups in total. The van der Waals surface area contributed by atoms with Gasteiger partial charge < -0.3 is 10.5 Å². The van der Waals surface area contributed by atoms with Gasteiger partial charge in [-0.25, -0.2) is 9.78 Å². The summed E-state index contributed by atoms with van der Waals surface area (Å²) in [5, 5.41) is 2.16. The van der Waals surface area contributed by atoms with Crippen LogP contribution in [0.2, 0.25) is 5.15 Å². The molecule has 0 bridgehead atoms. The van der Waals surface area contributed by atoms with Crippen LogP contribution in [-0.4, -0.2) is 16.7 Å². The first kappa shape index (κ1) is 21.0. The molecule has 0 atom stereocenters. The predicted octanol–water partition coefficient (Wildman–Crippen LogP) is 5.98. The minimum absolute atomic E-state index is 0.146. The Morgan fingerprint density at radius 3 is 2.45 bits per heavy atom. The van der Waals surface area contributed by atoms with Crippen molar-refractivity contribution >= 4 is 57.3 Å². The molecule has 8 heteroatoms. The molecule has 0 unspecified atom stereocenters. The molecule has 0 saturated carbocycles. The molecular weight excluding hydrogens is 411 g/mol. The Morgan fingerprint density at radius 1 is 1.17 bits per heavy atom. The van der Waals surface area contributed by atoms with Crippen molar-refractivity contribution in [3.8, 4) is 0 Å². The van der Waals surface area contributed by atoms with E-state index in [1.807, 2.05) is 36.4 Å². The van der Waals surface area contributed by atoms with Crippen molar-refractivity contribution < 1.29 is 9.53 Å². The number of hydrogen-bond acceptors (Lipinski definition) is 5. The lowest BCUT2D eigenvalue weighted by Gasteiger charge is -2.29. The van der Waals surface area contributed by atoms with Gasteiger partial charge in [-0.3, -0.25) is 5.43 Å². The van der Waals surface area contributed by atoms with Crippen molar-refractivity contribution in [2.45, 2.75) is 32.3 Å². The maximum atomic E-state index is 13.0. The highest BCUT2D eigenvalue weighted by molar-refractivity contribution is 6.33. The number of rotatable bonds is 4. The van der Waals surface area contributed by atoms with Crippen molar-refractivity contribution in [1.29, 1.82) is 0 Å². The fourth-order valence-corrected chi connectivity index (χ4v) is 3.05. The maximum Gasteiger partial charge on any atom is 0.433 e. The second-order valence-corrected chi connectivity index (χ2v) is 8.06. The molecule has 0 saturated heterocycles. The standard InChI is InChI=1S/C21H22Cl2N4O2/c1-21(2,3)29-20(28)27(14-10-8-13(12-22)9-11-14)26-18-15-6-4-5-7-16(15)25-19(23)17(18)24/h4-11H,12,24H2,1-3H3,(H,25,26). The predicted molar refractivity (Wildman–Crippen MR) is 120 cm³/mol. The van der Waals surface area contributed by atoms with Gasteiger partial charge in [-0.15, -0.1) is 11.6 Å². The fourth-order valence-electron chi connectivity index (χ4n) is 2.69. The average Bonchev–Trinajstić information content (AvgIpc) is 2.67. The summed E-state index contributed by atoms with van der Waals surface area (Å²) in [6, 6.07) is 14.6. The molecule has 0 radical (unpaired) electrons. The minimum Gasteiger partial charge on any atom is -0.442 e. The van der Waals surface area contributed by atoms with Crippen LogP contribution in [0.1, 0.15) is 26.3 Å². The molecule has 0 fully saturated rings. The Balaban J connectivity index is 2.09. The lowest BCUT2D eigenvalue weighted by atomic mass is 10.1. The van der Waals surface area contributed by atoms with Crippen LogP contribution in [-0.2, 0) is 10.6 Å². The van der Waals surface area contributed by atoms with E-state index in [0.29, 0.717) is 22.8 Å². The smallest absolute Gasteiger partial charge is 0.433 e. The number of pyridine rings is 1. The zero-order valence-electron chi connectivity index (χ0n) is 16.4. The van der Waals surface area contributed by atoms with Gasteiger partial charge in [0.2, 0.25) is 0 Å². The van der Waals surface area contributed by atoms with E-state index in [-0.39, 0.29) is 10.8 Å². The second kappa shape index (κ2) is 8.35. The fraction of sp³-hybridized carbons (Fsp3) is 0.238. The summed E-state index contributed by atoms with van der Waals surface area (Å²) in [5.74, 6) is 0.373. The molecule has 29 heavy (non-hydrogen) atoms. The first-order valence-electron chi connectivity index (χ1n) is 8.98. The number of nitrogens with zero attached hydrogens (tertiary/aromatic N) is 2. The summed E-state index contributed by atoms with van der Waals surface area (Å²) in [5.41, 5.74) is 11.4. The third kappa shape index (κ3) is 4.83. The number of hydrazine groups is 1. The van der Waals surface area contributed by atoms with Gasteiger partial charge in [0.25, 0.3) is 0 Å². The Kier molecular flexibility index (Phi) is 6.05. The van der Waals surface area contributed by atoms with E-state index in [1.165, 1.54) is 5.01 Å². The summed E-state index contributed by atoms with van der Waals surface area (Å²) in [7, 11) is 0. The van der Waals surface area contributed by atoms with Crippen LogP contribution in [0.5, 0.6) is 0 Å². The molecule has 0 aliphatic carbocycles. The van der Waals surface area contributed by atoms with Gasteiger partial charge in [-0.1, -0.05) is 41.9 Å². The number of fused-ring (bicyclic) bond motifs is 1. The largest absolute Gasteiger partial charge is 0.442 e. The van der Waals surface area contributed by atoms with Gasteiger partial charge in [0.15, 0.2) is 5.15 Å². The number of benzene rings is 2. The zero-order valence-corrected chi connectivity index (χ0v) is 17.9. The van der Waals surface area contributed by atoms with Gasteiger partial charge in [0.1, 0.15) is 5.60 Å². The van der Waals surface area contributed by atoms with Crippen molar-refractivity contribution in [1.82, 2.24) is 4.98 Å². The molecule has 0 aliphatic heterocycles. The number of alkyl halides is 1. The van der Waals surface area contributed by atoms with Crippen LogP contribution >= 0.6 is 23.2 Å². The highest BCUT2D eigenvalue weighted by Crippen LogP contribution is 2.34. The van der Waals surface area contributed by atoms with Crippen molar-refractivity contribution in [3.05, 3.63) is 59.2 Å². The Hall–Kier alpha value is -2.70. The molecule has 0 aliphatic rings. The zero-order chi connectivity index (χ0) is 21.2. The number of para-hydroxylation sites is 1. The number of halogens is 2. The van der Waals surface area contributed by atoms with E-state index in [4.69, 9.17) is 33.7 Å². The quantitative estimate of drug-likeness (QED) is 0.301. The van der Waals surface area contributed by atoms with Crippen molar-refractivity contribution in [2.24, 2.45) is 0 Å². The summed E-state index contributed by atoms with van der Waals surface area (Å²) in [6.45, 7) is 5.40. The van der Waals surface area contributed by atoms with Crippen LogP contribution in [0.25, 0.3) is 10.9 Å². The van der Waals surface area contributed by atoms with Gasteiger partial charge >= 0.3 is 6.09 Å². The molecule has 3 aromatic rings. The third-order valence-electron chi connectivity index (χ3n) is 4.03. The summed E-state index contributed by atoms with van der Waals surface area (Å²) in [4.78, 5) is 17.3. The van der Waals surface area contributed by atoms with Crippen molar-refractivity contribution in [2.75, 3.05) is 16.2 Å². The average molecular weight is 433 g/mol. The summed E-state index contributed by atoms with van der Waals surface area (Å²) in [6.07, 6.45) is -0.590. The first-order chi connectivity index (χ1) is 13.7. The molecule has 1 aromatic heterocycles. The second-order valence-electron chi connectivity index (χ2n) is 7.44. The topological polar surface area (TPSA) is 80.5 Å². The molecule has 0 spiro atoms. The van der Waals surface area contributed by atoms with E-state index >= 15 is 0 Å². The number of aromatic nitrogens is 1. The normalized spacial score (nSPS) is 11.3. The highest BCUT2D eigenvalue weighted by atomic mass is 35.5. The lowest BCUT2D eigenvalue weighted by molar-refractivity contribution is 0.0589. The van der Waals surface area contributed by atoms with Gasteiger partial charge in [-0.05, 0) is 44.5 Å². The number of nitrogen functional groups attached to an aromatic ring is 1. The number of ether oxygens (including phenoxy) is 1. The van der Waals surface area contributed by atoms with E-state index in [0.717, 1.165) is 10.9 Å². The van der Waals surface area contributed by atoms with Crippen LogP contribution in [0.3, 0.4) is 0 Å². The number of hydrogen-bond donors (Lipinski definition) is 2. The summed E-state index contributed by atoms with van der Waals surface area (Å²) >= 11 is 12.1. The molecule has 2 aromatic carbocycles. The highest BCUT2D eigenvalue weighted by Gasteiger charge is 2.25. The molecule has 3 rings (SSSR count). The van der Waals surface area contributed by atoms with Crippen LogP contribution < -0.4 is 16.2 Å². The molecular formula is C21H22Cl2N4O2. The Bertz CT molecular complexity index is 1030. The third-order valence-corrected chi connectivity index (χ3v) is 4.63. The van der Waals surface area contributed by atoms with Gasteiger partial charge in [-0.2, -0.15) is 5.01 Å². The maximum absolute atomic E-state index is 13.0. The number of carbonyl (C=O) groups is 1.